The second kappa shape index (κ2) is 5.97. The minimum atomic E-state index is -0.223. The summed E-state index contributed by atoms with van der Waals surface area (Å²) in [7, 11) is 0. The van der Waals surface area contributed by atoms with E-state index in [0.29, 0.717) is 19.7 Å². The number of fused-ring (bicyclic) bond motifs is 1. The first-order valence-corrected chi connectivity index (χ1v) is 7.05. The number of amides is 1. The molecule has 0 saturated carbocycles. The first-order chi connectivity index (χ1) is 10.3. The molecule has 1 amide bonds. The second-order valence-corrected chi connectivity index (χ2v) is 5.14. The highest BCUT2D eigenvalue weighted by molar-refractivity contribution is 5.85. The van der Waals surface area contributed by atoms with Gasteiger partial charge in [0.15, 0.2) is 0 Å². The van der Waals surface area contributed by atoms with Crippen LogP contribution in [0.4, 0.5) is 0 Å². The number of ether oxygens (including phenoxy) is 1. The van der Waals surface area contributed by atoms with Gasteiger partial charge in [0.1, 0.15) is 18.3 Å². The molecule has 1 aliphatic heterocycles. The van der Waals surface area contributed by atoms with Crippen LogP contribution < -0.4 is 15.8 Å². The largest absolute Gasteiger partial charge is 0.492 e. The summed E-state index contributed by atoms with van der Waals surface area (Å²) in [6.45, 7) is 1.42. The van der Waals surface area contributed by atoms with E-state index in [0.717, 1.165) is 22.4 Å². The molecule has 3 N–H and O–H groups in total. The van der Waals surface area contributed by atoms with Crippen molar-refractivity contribution in [3.8, 4) is 5.75 Å². The molecule has 2 aromatic carbocycles. The zero-order valence-electron chi connectivity index (χ0n) is 11.7. The molecular weight excluding hydrogens is 264 g/mol. The highest BCUT2D eigenvalue weighted by Gasteiger charge is 2.29. The summed E-state index contributed by atoms with van der Waals surface area (Å²) in [4.78, 5) is 12.3. The lowest BCUT2D eigenvalue weighted by Gasteiger charge is -2.11. The Morgan fingerprint density at radius 1 is 1.19 bits per heavy atom. The van der Waals surface area contributed by atoms with E-state index in [2.05, 4.69) is 5.32 Å². The van der Waals surface area contributed by atoms with Gasteiger partial charge in [-0.1, -0.05) is 42.5 Å². The third kappa shape index (κ3) is 2.90. The normalized spacial score (nSPS) is 16.1. The Bertz CT molecular complexity index is 655. The quantitative estimate of drug-likeness (QED) is 0.900. The lowest BCUT2D eigenvalue weighted by atomic mass is 10.0. The van der Waals surface area contributed by atoms with Crippen LogP contribution in [0.3, 0.4) is 0 Å². The summed E-state index contributed by atoms with van der Waals surface area (Å²) in [6, 6.07) is 15.6. The van der Waals surface area contributed by atoms with E-state index in [9.17, 15) is 4.79 Å². The van der Waals surface area contributed by atoms with Gasteiger partial charge >= 0.3 is 0 Å². The van der Waals surface area contributed by atoms with Crippen molar-refractivity contribution in [1.82, 2.24) is 5.32 Å². The van der Waals surface area contributed by atoms with Crippen molar-refractivity contribution in [3.05, 3.63) is 65.2 Å². The number of rotatable bonds is 4. The van der Waals surface area contributed by atoms with Crippen molar-refractivity contribution in [2.45, 2.75) is 19.0 Å². The number of para-hydroxylation sites is 1. The summed E-state index contributed by atoms with van der Waals surface area (Å²) < 4.78 is 5.54. The van der Waals surface area contributed by atoms with E-state index in [4.69, 9.17) is 10.5 Å². The van der Waals surface area contributed by atoms with Crippen molar-refractivity contribution in [1.29, 1.82) is 0 Å². The molecule has 1 heterocycles. The van der Waals surface area contributed by atoms with Gasteiger partial charge in [0.05, 0.1) is 0 Å². The maximum Gasteiger partial charge on any atom is 0.231 e. The summed E-state index contributed by atoms with van der Waals surface area (Å²) in [5, 5.41) is 2.97. The molecule has 108 valence electrons. The first kappa shape index (κ1) is 13.6. The highest BCUT2D eigenvalue weighted by Crippen LogP contribution is 2.33. The van der Waals surface area contributed by atoms with Gasteiger partial charge in [0.2, 0.25) is 5.91 Å². The third-order valence-corrected chi connectivity index (χ3v) is 3.71. The van der Waals surface area contributed by atoms with E-state index < -0.39 is 0 Å². The molecule has 0 radical (unpaired) electrons. The van der Waals surface area contributed by atoms with Gasteiger partial charge in [-0.15, -0.1) is 0 Å². The number of nitrogens with one attached hydrogen (secondary N) is 1. The zero-order valence-corrected chi connectivity index (χ0v) is 11.7. The molecule has 0 spiro atoms. The topological polar surface area (TPSA) is 64.3 Å². The summed E-state index contributed by atoms with van der Waals surface area (Å²) >= 11 is 0. The minimum absolute atomic E-state index is 0.00176. The molecule has 21 heavy (non-hydrogen) atoms. The molecule has 3 rings (SSSR count). The van der Waals surface area contributed by atoms with Crippen molar-refractivity contribution in [2.75, 3.05) is 6.61 Å². The number of carbonyl (C=O) groups excluding carboxylic acids is 1. The van der Waals surface area contributed by atoms with Crippen molar-refractivity contribution in [3.63, 3.8) is 0 Å². The van der Waals surface area contributed by atoms with Crippen LogP contribution in [0, 0.1) is 0 Å². The molecule has 1 aliphatic rings. The van der Waals surface area contributed by atoms with Crippen molar-refractivity contribution >= 4 is 5.91 Å². The van der Waals surface area contributed by atoms with Crippen LogP contribution in [-0.4, -0.2) is 12.5 Å². The Morgan fingerprint density at radius 2 is 2.00 bits per heavy atom. The molecule has 0 aliphatic carbocycles. The average Bonchev–Trinajstić information content (AvgIpc) is 2.97. The van der Waals surface area contributed by atoms with Crippen LogP contribution >= 0.6 is 0 Å². The fourth-order valence-electron chi connectivity index (χ4n) is 2.56. The van der Waals surface area contributed by atoms with Gasteiger partial charge in [0.25, 0.3) is 0 Å². The molecule has 0 fully saturated rings. The fraction of sp³-hybridized carbons (Fsp3) is 0.235. The smallest absolute Gasteiger partial charge is 0.231 e. The SMILES string of the molecule is NCc1cccc(CNC(=O)C2COc3ccccc32)c1. The standard InChI is InChI=1S/C17H18N2O2/c18-9-12-4-3-5-13(8-12)10-19-17(20)15-11-21-16-7-2-1-6-14(15)16/h1-8,15H,9-11,18H2,(H,19,20). The van der Waals surface area contributed by atoms with Crippen LogP contribution in [0.2, 0.25) is 0 Å². The molecule has 0 saturated heterocycles. The van der Waals surface area contributed by atoms with Gasteiger partial charge in [-0.2, -0.15) is 0 Å². The summed E-state index contributed by atoms with van der Waals surface area (Å²) in [5.41, 5.74) is 8.71. The summed E-state index contributed by atoms with van der Waals surface area (Å²) in [6.07, 6.45) is 0. The number of carbonyl (C=O) groups is 1. The Morgan fingerprint density at radius 3 is 2.86 bits per heavy atom. The molecule has 0 aromatic heterocycles. The lowest BCUT2D eigenvalue weighted by Crippen LogP contribution is -2.29. The van der Waals surface area contributed by atoms with Crippen LogP contribution in [0.5, 0.6) is 5.75 Å². The molecule has 1 unspecified atom stereocenters. The molecule has 4 nitrogen and oxygen atoms in total. The first-order valence-electron chi connectivity index (χ1n) is 7.05. The minimum Gasteiger partial charge on any atom is -0.492 e. The van der Waals surface area contributed by atoms with Gasteiger partial charge in [-0.25, -0.2) is 0 Å². The van der Waals surface area contributed by atoms with E-state index in [1.165, 1.54) is 0 Å². The predicted molar refractivity (Wildman–Crippen MR) is 80.9 cm³/mol. The van der Waals surface area contributed by atoms with Gasteiger partial charge in [-0.3, -0.25) is 4.79 Å². The van der Waals surface area contributed by atoms with Gasteiger partial charge in [0, 0.05) is 18.7 Å². The number of hydrogen-bond acceptors (Lipinski definition) is 3. The fourth-order valence-corrected chi connectivity index (χ4v) is 2.56. The zero-order chi connectivity index (χ0) is 14.7. The molecular formula is C17H18N2O2. The predicted octanol–water partition coefficient (Wildman–Crippen LogP) is 1.94. The van der Waals surface area contributed by atoms with Crippen LogP contribution in [-0.2, 0) is 17.9 Å². The Hall–Kier alpha value is -2.33. The number of nitrogens with two attached hydrogens (primary N) is 1. The number of benzene rings is 2. The summed E-state index contributed by atoms with van der Waals surface area (Å²) in [5.74, 6) is 0.583. The Labute approximate surface area is 123 Å². The Kier molecular flexibility index (Phi) is 3.88. The van der Waals surface area contributed by atoms with E-state index in [1.54, 1.807) is 0 Å². The van der Waals surface area contributed by atoms with Crippen LogP contribution in [0.25, 0.3) is 0 Å². The van der Waals surface area contributed by atoms with Crippen LogP contribution in [0.15, 0.2) is 48.5 Å². The molecule has 1 atom stereocenters. The van der Waals surface area contributed by atoms with E-state index in [-0.39, 0.29) is 11.8 Å². The molecule has 2 aromatic rings. The maximum absolute atomic E-state index is 12.3. The molecule has 0 bridgehead atoms. The maximum atomic E-state index is 12.3. The van der Waals surface area contributed by atoms with Crippen LogP contribution in [0.1, 0.15) is 22.6 Å². The lowest BCUT2D eigenvalue weighted by molar-refractivity contribution is -0.122. The molecule has 4 heteroatoms. The van der Waals surface area contributed by atoms with Gasteiger partial charge < -0.3 is 15.8 Å². The van der Waals surface area contributed by atoms with Gasteiger partial charge in [-0.05, 0) is 17.2 Å². The van der Waals surface area contributed by atoms with Crippen molar-refractivity contribution < 1.29 is 9.53 Å². The number of hydrogen-bond donors (Lipinski definition) is 2. The van der Waals surface area contributed by atoms with Crippen molar-refractivity contribution in [2.24, 2.45) is 5.73 Å². The third-order valence-electron chi connectivity index (χ3n) is 3.71. The average molecular weight is 282 g/mol. The van der Waals surface area contributed by atoms with E-state index in [1.807, 2.05) is 48.5 Å². The Balaban J connectivity index is 1.65. The second-order valence-electron chi connectivity index (χ2n) is 5.14. The highest BCUT2D eigenvalue weighted by atomic mass is 16.5. The monoisotopic (exact) mass is 282 g/mol. The van der Waals surface area contributed by atoms with E-state index >= 15 is 0 Å².